The van der Waals surface area contributed by atoms with Gasteiger partial charge in [-0.3, -0.25) is 4.79 Å². The Hall–Kier alpha value is -0.850. The van der Waals surface area contributed by atoms with Gasteiger partial charge in [-0.2, -0.15) is 0 Å². The molecule has 2 aromatic rings. The maximum absolute atomic E-state index is 10.8. The van der Waals surface area contributed by atoms with Crippen LogP contribution in [0.2, 0.25) is 0 Å². The second-order valence-corrected chi connectivity index (χ2v) is 6.12. The van der Waals surface area contributed by atoms with Crippen LogP contribution in [0.25, 0.3) is 0 Å². The zero-order valence-electron chi connectivity index (χ0n) is 8.41. The van der Waals surface area contributed by atoms with Crippen LogP contribution in [0, 0.1) is 0 Å². The molecule has 6 heteroatoms. The first kappa shape index (κ1) is 11.6. The van der Waals surface area contributed by atoms with E-state index in [4.69, 9.17) is 0 Å². The second kappa shape index (κ2) is 5.47. The highest BCUT2D eigenvalue weighted by atomic mass is 32.2. The zero-order valence-corrected chi connectivity index (χ0v) is 10.9. The Balaban J connectivity index is 2.22. The molecule has 0 saturated heterocycles. The first-order valence-electron chi connectivity index (χ1n) is 4.43. The fourth-order valence-corrected chi connectivity index (χ4v) is 3.57. The first-order chi connectivity index (χ1) is 7.83. The minimum Gasteiger partial charge on any atom is -0.298 e. The van der Waals surface area contributed by atoms with Crippen LogP contribution in [0.15, 0.2) is 37.8 Å². The lowest BCUT2D eigenvalue weighted by atomic mass is 10.2. The number of carbonyl (C=O) groups is 1. The Kier molecular flexibility index (Phi) is 3.98. The summed E-state index contributed by atoms with van der Waals surface area (Å²) >= 11 is 4.58. The third-order valence-corrected chi connectivity index (χ3v) is 4.85. The average Bonchev–Trinajstić information content (AvgIpc) is 2.77. The minimum absolute atomic E-state index is 0.688. The molecule has 0 radical (unpaired) electrons. The highest BCUT2D eigenvalue weighted by Crippen LogP contribution is 2.33. The summed E-state index contributed by atoms with van der Waals surface area (Å²) in [4.78, 5) is 11.7. The summed E-state index contributed by atoms with van der Waals surface area (Å²) in [5, 5.41) is 8.06. The molecule has 0 aliphatic rings. The van der Waals surface area contributed by atoms with Gasteiger partial charge >= 0.3 is 0 Å². The van der Waals surface area contributed by atoms with Gasteiger partial charge in [0.05, 0.1) is 0 Å². The summed E-state index contributed by atoms with van der Waals surface area (Å²) in [6.07, 6.45) is 2.83. The fourth-order valence-electron chi connectivity index (χ4n) is 1.09. The Bertz CT molecular complexity index is 498. The summed E-state index contributed by atoms with van der Waals surface area (Å²) in [6.45, 7) is 0. The Morgan fingerprint density at radius 3 is 2.69 bits per heavy atom. The van der Waals surface area contributed by atoms with Gasteiger partial charge < -0.3 is 0 Å². The zero-order chi connectivity index (χ0) is 11.4. The minimum atomic E-state index is 0.688. The summed E-state index contributed by atoms with van der Waals surface area (Å²) in [5.74, 6) is 0. The van der Waals surface area contributed by atoms with Crippen molar-refractivity contribution < 1.29 is 4.79 Å². The molecule has 0 bridgehead atoms. The summed E-state index contributed by atoms with van der Waals surface area (Å²) < 4.78 is 1.80. The van der Waals surface area contributed by atoms with Crippen molar-refractivity contribution in [3.63, 3.8) is 0 Å². The van der Waals surface area contributed by atoms with E-state index in [0.29, 0.717) is 5.56 Å². The van der Waals surface area contributed by atoms with Crippen molar-refractivity contribution in [3.05, 3.63) is 29.8 Å². The molecule has 0 saturated carbocycles. The predicted octanol–water partition coefficient (Wildman–Crippen LogP) is 3.22. The van der Waals surface area contributed by atoms with E-state index >= 15 is 0 Å². The van der Waals surface area contributed by atoms with E-state index in [1.54, 1.807) is 17.8 Å². The molecule has 3 nitrogen and oxygen atoms in total. The maximum atomic E-state index is 10.8. The summed E-state index contributed by atoms with van der Waals surface area (Å²) in [5.41, 5.74) is 0.688. The van der Waals surface area contributed by atoms with Crippen LogP contribution in [-0.4, -0.2) is 22.7 Å². The quantitative estimate of drug-likeness (QED) is 0.629. The Morgan fingerprint density at radius 1 is 1.25 bits per heavy atom. The fraction of sp³-hybridized carbons (Fsp3) is 0.100. The molecule has 1 heterocycles. The SMILES string of the molecule is CSc1nnc(Sc2ccccc2C=O)s1. The van der Waals surface area contributed by atoms with Gasteiger partial charge in [-0.15, -0.1) is 10.2 Å². The van der Waals surface area contributed by atoms with E-state index in [2.05, 4.69) is 10.2 Å². The van der Waals surface area contributed by atoms with E-state index in [1.165, 1.54) is 23.1 Å². The van der Waals surface area contributed by atoms with Gasteiger partial charge in [0.15, 0.2) is 15.0 Å². The number of carbonyl (C=O) groups excluding carboxylic acids is 1. The van der Waals surface area contributed by atoms with Crippen molar-refractivity contribution >= 4 is 41.1 Å². The molecule has 82 valence electrons. The van der Waals surface area contributed by atoms with E-state index in [-0.39, 0.29) is 0 Å². The van der Waals surface area contributed by atoms with Crippen molar-refractivity contribution in [2.75, 3.05) is 6.26 Å². The van der Waals surface area contributed by atoms with Crippen LogP contribution in [0.4, 0.5) is 0 Å². The van der Waals surface area contributed by atoms with Crippen molar-refractivity contribution in [1.29, 1.82) is 0 Å². The molecule has 0 spiro atoms. The molecule has 0 N–H and O–H groups in total. The highest BCUT2D eigenvalue weighted by molar-refractivity contribution is 8.03. The highest BCUT2D eigenvalue weighted by Gasteiger charge is 2.07. The number of thioether (sulfide) groups is 1. The van der Waals surface area contributed by atoms with Gasteiger partial charge in [-0.25, -0.2) is 0 Å². The molecular weight excluding hydrogens is 260 g/mol. The van der Waals surface area contributed by atoms with E-state index in [0.717, 1.165) is 19.9 Å². The first-order valence-corrected chi connectivity index (χ1v) is 7.29. The average molecular weight is 268 g/mol. The number of aldehydes is 1. The molecule has 0 fully saturated rings. The van der Waals surface area contributed by atoms with Crippen LogP contribution in [-0.2, 0) is 0 Å². The summed E-state index contributed by atoms with van der Waals surface area (Å²) in [7, 11) is 0. The van der Waals surface area contributed by atoms with Crippen molar-refractivity contribution in [2.24, 2.45) is 0 Å². The van der Waals surface area contributed by atoms with Crippen molar-refractivity contribution in [3.8, 4) is 0 Å². The molecule has 0 amide bonds. The number of benzene rings is 1. The number of nitrogens with zero attached hydrogens (tertiary/aromatic N) is 2. The van der Waals surface area contributed by atoms with Crippen molar-refractivity contribution in [2.45, 2.75) is 13.6 Å². The molecule has 0 aliphatic carbocycles. The monoisotopic (exact) mass is 268 g/mol. The van der Waals surface area contributed by atoms with Crippen LogP contribution in [0.1, 0.15) is 10.4 Å². The lowest BCUT2D eigenvalue weighted by Crippen LogP contribution is -1.83. The van der Waals surface area contributed by atoms with Crippen LogP contribution in [0.3, 0.4) is 0 Å². The summed E-state index contributed by atoms with van der Waals surface area (Å²) in [6, 6.07) is 7.47. The number of hydrogen-bond donors (Lipinski definition) is 0. The largest absolute Gasteiger partial charge is 0.298 e. The molecule has 0 atom stereocenters. The molecule has 0 unspecified atom stereocenters. The molecule has 1 aromatic carbocycles. The Morgan fingerprint density at radius 2 is 2.00 bits per heavy atom. The maximum Gasteiger partial charge on any atom is 0.179 e. The molecule has 0 aliphatic heterocycles. The topological polar surface area (TPSA) is 42.9 Å². The predicted molar refractivity (Wildman–Crippen MR) is 67.6 cm³/mol. The van der Waals surface area contributed by atoms with Gasteiger partial charge in [0, 0.05) is 10.5 Å². The molecule has 16 heavy (non-hydrogen) atoms. The third-order valence-electron chi connectivity index (χ3n) is 1.81. The number of rotatable bonds is 4. The standard InChI is InChI=1S/C10H8N2OS3/c1-14-9-11-12-10(16-9)15-8-5-3-2-4-7(8)6-13/h2-6H,1H3. The molecule has 2 rings (SSSR count). The van der Waals surface area contributed by atoms with Gasteiger partial charge in [0.2, 0.25) is 0 Å². The number of hydrogen-bond acceptors (Lipinski definition) is 6. The van der Waals surface area contributed by atoms with Crippen LogP contribution in [0.5, 0.6) is 0 Å². The van der Waals surface area contributed by atoms with Crippen molar-refractivity contribution in [1.82, 2.24) is 10.2 Å². The third kappa shape index (κ3) is 2.63. The lowest BCUT2D eigenvalue weighted by Gasteiger charge is -1.99. The normalized spacial score (nSPS) is 10.3. The number of aromatic nitrogens is 2. The van der Waals surface area contributed by atoms with E-state index < -0.39 is 0 Å². The van der Waals surface area contributed by atoms with E-state index in [9.17, 15) is 4.79 Å². The molecule has 1 aromatic heterocycles. The Labute approximate surface area is 106 Å². The van der Waals surface area contributed by atoms with Gasteiger partial charge in [-0.05, 0) is 12.3 Å². The second-order valence-electron chi connectivity index (χ2n) is 2.80. The van der Waals surface area contributed by atoms with E-state index in [1.807, 2.05) is 24.5 Å². The van der Waals surface area contributed by atoms with Gasteiger partial charge in [0.1, 0.15) is 0 Å². The van der Waals surface area contributed by atoms with Crippen LogP contribution < -0.4 is 0 Å². The lowest BCUT2D eigenvalue weighted by molar-refractivity contribution is 0.112. The van der Waals surface area contributed by atoms with Crippen LogP contribution >= 0.6 is 34.9 Å². The van der Waals surface area contributed by atoms with Gasteiger partial charge in [0.25, 0.3) is 0 Å². The van der Waals surface area contributed by atoms with Gasteiger partial charge in [-0.1, -0.05) is 53.1 Å². The molecular formula is C10H8N2OS3. The smallest absolute Gasteiger partial charge is 0.179 e.